The number of halogens is 1. The largest absolute Gasteiger partial charge is 0.396 e. The zero-order valence-electron chi connectivity index (χ0n) is 10.6. The molecule has 0 aliphatic heterocycles. The number of nitrogen functional groups attached to an aromatic ring is 1. The second-order valence-corrected chi connectivity index (χ2v) is 5.07. The minimum Gasteiger partial charge on any atom is -0.396 e. The van der Waals surface area contributed by atoms with E-state index >= 15 is 0 Å². The molecule has 19 heavy (non-hydrogen) atoms. The number of para-hydroxylation sites is 1. The number of aryl methyl sites for hydroxylation is 1. The second-order valence-electron chi connectivity index (χ2n) is 4.16. The Kier molecular flexibility index (Phi) is 4.08. The van der Waals surface area contributed by atoms with Gasteiger partial charge in [0.1, 0.15) is 6.07 Å². The molecule has 0 radical (unpaired) electrons. The van der Waals surface area contributed by atoms with Gasteiger partial charge >= 0.3 is 0 Å². The Balaban J connectivity index is 2.40. The first-order valence-corrected chi connectivity index (χ1v) is 6.79. The fourth-order valence-corrected chi connectivity index (χ4v) is 2.30. The molecule has 4 heteroatoms. The van der Waals surface area contributed by atoms with E-state index < -0.39 is 0 Å². The van der Waals surface area contributed by atoms with Crippen molar-refractivity contribution in [2.24, 2.45) is 0 Å². The monoisotopic (exact) mass is 315 g/mol. The molecule has 2 rings (SSSR count). The summed E-state index contributed by atoms with van der Waals surface area (Å²) in [5.74, 6) is 0. The van der Waals surface area contributed by atoms with Crippen molar-refractivity contribution in [2.45, 2.75) is 13.3 Å². The van der Waals surface area contributed by atoms with Crippen LogP contribution in [0, 0.1) is 11.3 Å². The highest BCUT2D eigenvalue weighted by molar-refractivity contribution is 9.10. The van der Waals surface area contributed by atoms with Gasteiger partial charge in [-0.25, -0.2) is 0 Å². The van der Waals surface area contributed by atoms with E-state index in [4.69, 9.17) is 11.0 Å². The van der Waals surface area contributed by atoms with E-state index in [9.17, 15) is 0 Å². The zero-order valence-corrected chi connectivity index (χ0v) is 12.2. The van der Waals surface area contributed by atoms with Crippen LogP contribution in [0.25, 0.3) is 0 Å². The molecule has 0 fully saturated rings. The number of nitrogens with zero attached hydrogens (tertiary/aromatic N) is 1. The minimum absolute atomic E-state index is 0.481. The molecule has 0 saturated carbocycles. The van der Waals surface area contributed by atoms with Crippen LogP contribution in [0.15, 0.2) is 40.9 Å². The van der Waals surface area contributed by atoms with Gasteiger partial charge in [-0.1, -0.05) is 28.9 Å². The molecular weight excluding hydrogens is 302 g/mol. The van der Waals surface area contributed by atoms with E-state index in [1.165, 1.54) is 5.56 Å². The normalized spacial score (nSPS) is 9.95. The third kappa shape index (κ3) is 2.88. The topological polar surface area (TPSA) is 61.8 Å². The Morgan fingerprint density at radius 1 is 1.26 bits per heavy atom. The van der Waals surface area contributed by atoms with Crippen LogP contribution in [0.1, 0.15) is 18.1 Å². The van der Waals surface area contributed by atoms with Crippen molar-refractivity contribution in [3.63, 3.8) is 0 Å². The van der Waals surface area contributed by atoms with Crippen LogP contribution < -0.4 is 11.1 Å². The van der Waals surface area contributed by atoms with Crippen LogP contribution in [0.4, 0.5) is 17.1 Å². The summed E-state index contributed by atoms with van der Waals surface area (Å²) in [7, 11) is 0. The van der Waals surface area contributed by atoms with Gasteiger partial charge in [0.2, 0.25) is 0 Å². The Morgan fingerprint density at radius 2 is 2.05 bits per heavy atom. The van der Waals surface area contributed by atoms with Gasteiger partial charge in [0.25, 0.3) is 0 Å². The Hall–Kier alpha value is -1.99. The van der Waals surface area contributed by atoms with Gasteiger partial charge in [0.15, 0.2) is 0 Å². The molecule has 0 aliphatic rings. The fourth-order valence-electron chi connectivity index (χ4n) is 1.89. The summed E-state index contributed by atoms with van der Waals surface area (Å²) in [6.45, 7) is 2.10. The Morgan fingerprint density at radius 3 is 2.74 bits per heavy atom. The van der Waals surface area contributed by atoms with Crippen molar-refractivity contribution in [1.29, 1.82) is 5.26 Å². The second kappa shape index (κ2) is 5.77. The van der Waals surface area contributed by atoms with Gasteiger partial charge in [-0.15, -0.1) is 0 Å². The molecule has 0 amide bonds. The number of hydrogen-bond acceptors (Lipinski definition) is 3. The van der Waals surface area contributed by atoms with Crippen LogP contribution in [-0.2, 0) is 6.42 Å². The molecule has 3 nitrogen and oxygen atoms in total. The fraction of sp³-hybridized carbons (Fsp3) is 0.133. The molecule has 0 heterocycles. The van der Waals surface area contributed by atoms with E-state index in [1.807, 2.05) is 24.3 Å². The van der Waals surface area contributed by atoms with Gasteiger partial charge in [-0.05, 0) is 42.3 Å². The van der Waals surface area contributed by atoms with Gasteiger partial charge in [-0.2, -0.15) is 5.26 Å². The summed E-state index contributed by atoms with van der Waals surface area (Å²) in [6, 6.07) is 13.5. The third-order valence-corrected chi connectivity index (χ3v) is 3.44. The van der Waals surface area contributed by atoms with Gasteiger partial charge in [0, 0.05) is 10.2 Å². The molecule has 2 aromatic carbocycles. The smallest absolute Gasteiger partial charge is 0.101 e. The highest BCUT2D eigenvalue weighted by Crippen LogP contribution is 2.29. The van der Waals surface area contributed by atoms with Crippen molar-refractivity contribution >= 4 is 33.0 Å². The van der Waals surface area contributed by atoms with E-state index in [0.29, 0.717) is 11.3 Å². The van der Waals surface area contributed by atoms with E-state index in [0.717, 1.165) is 22.3 Å². The van der Waals surface area contributed by atoms with Crippen molar-refractivity contribution in [3.05, 3.63) is 52.0 Å². The third-order valence-electron chi connectivity index (χ3n) is 2.94. The highest BCUT2D eigenvalue weighted by atomic mass is 79.9. The Labute approximate surface area is 121 Å². The molecule has 2 aromatic rings. The lowest BCUT2D eigenvalue weighted by Gasteiger charge is -2.13. The van der Waals surface area contributed by atoms with Crippen molar-refractivity contribution in [1.82, 2.24) is 0 Å². The van der Waals surface area contributed by atoms with E-state index in [-0.39, 0.29) is 0 Å². The number of benzene rings is 2. The lowest BCUT2D eigenvalue weighted by molar-refractivity contribution is 1.14. The summed E-state index contributed by atoms with van der Waals surface area (Å²) in [5, 5.41) is 12.3. The molecule has 0 aliphatic carbocycles. The van der Waals surface area contributed by atoms with E-state index in [2.05, 4.69) is 40.3 Å². The molecule has 0 saturated heterocycles. The van der Waals surface area contributed by atoms with Gasteiger partial charge in [-0.3, -0.25) is 0 Å². The average molecular weight is 316 g/mol. The molecule has 0 bridgehead atoms. The summed E-state index contributed by atoms with van der Waals surface area (Å²) >= 11 is 3.46. The maximum absolute atomic E-state index is 8.98. The first-order chi connectivity index (χ1) is 9.15. The number of rotatable bonds is 3. The summed E-state index contributed by atoms with van der Waals surface area (Å²) in [5.41, 5.74) is 9.89. The van der Waals surface area contributed by atoms with Crippen LogP contribution in [0.2, 0.25) is 0 Å². The van der Waals surface area contributed by atoms with Gasteiger partial charge < -0.3 is 11.1 Å². The molecular formula is C15H14BrN3. The van der Waals surface area contributed by atoms with Crippen molar-refractivity contribution < 1.29 is 0 Å². The first-order valence-electron chi connectivity index (χ1n) is 5.99. The minimum atomic E-state index is 0.481. The molecule has 0 atom stereocenters. The van der Waals surface area contributed by atoms with Crippen LogP contribution in [0.5, 0.6) is 0 Å². The van der Waals surface area contributed by atoms with Crippen molar-refractivity contribution in [3.8, 4) is 6.07 Å². The number of nitriles is 1. The standard InChI is InChI=1S/C15H14BrN3/c1-2-10-8-12(16)6-7-13(10)19-14-5-3-4-11(9-17)15(14)18/h3-8,19H,2,18H2,1H3. The molecule has 0 aromatic heterocycles. The number of nitrogens with two attached hydrogens (primary N) is 1. The Bertz CT molecular complexity index is 644. The lowest BCUT2D eigenvalue weighted by Crippen LogP contribution is -2.00. The number of nitrogens with one attached hydrogen (secondary N) is 1. The van der Waals surface area contributed by atoms with Crippen LogP contribution in [-0.4, -0.2) is 0 Å². The van der Waals surface area contributed by atoms with Crippen molar-refractivity contribution in [2.75, 3.05) is 11.1 Å². The molecule has 0 unspecified atom stereocenters. The van der Waals surface area contributed by atoms with Crippen LogP contribution in [0.3, 0.4) is 0 Å². The summed E-state index contributed by atoms with van der Waals surface area (Å²) in [4.78, 5) is 0. The number of hydrogen-bond donors (Lipinski definition) is 2. The summed E-state index contributed by atoms with van der Waals surface area (Å²) < 4.78 is 1.05. The quantitative estimate of drug-likeness (QED) is 0.834. The highest BCUT2D eigenvalue weighted by Gasteiger charge is 2.07. The van der Waals surface area contributed by atoms with Gasteiger partial charge in [0.05, 0.1) is 16.9 Å². The first kappa shape index (κ1) is 13.4. The maximum Gasteiger partial charge on any atom is 0.101 e. The number of anilines is 3. The average Bonchev–Trinajstić information content (AvgIpc) is 2.42. The molecule has 3 N–H and O–H groups in total. The van der Waals surface area contributed by atoms with E-state index in [1.54, 1.807) is 6.07 Å². The maximum atomic E-state index is 8.98. The van der Waals surface area contributed by atoms with Crippen LogP contribution >= 0.6 is 15.9 Å². The summed E-state index contributed by atoms with van der Waals surface area (Å²) in [6.07, 6.45) is 0.916. The molecule has 0 spiro atoms. The molecule has 96 valence electrons. The SMILES string of the molecule is CCc1cc(Br)ccc1Nc1cccc(C#N)c1N. The lowest BCUT2D eigenvalue weighted by atomic mass is 10.1. The predicted octanol–water partition coefficient (Wildman–Crippen LogP) is 4.21. The predicted molar refractivity (Wildman–Crippen MR) is 82.4 cm³/mol. The zero-order chi connectivity index (χ0) is 13.8.